The molecule has 70 heavy (non-hydrogen) atoms. The molecule has 0 bridgehead atoms. The largest absolute Gasteiger partial charge is 0.483 e. The molecule has 0 radical (unpaired) electrons. The Morgan fingerprint density at radius 3 is 1.59 bits per heavy atom. The second-order valence-corrected chi connectivity index (χ2v) is 21.5. The summed E-state index contributed by atoms with van der Waals surface area (Å²) in [7, 11) is -11.0. The van der Waals surface area contributed by atoms with Crippen LogP contribution in [0.5, 0.6) is 0 Å². The van der Waals surface area contributed by atoms with Crippen molar-refractivity contribution in [3.05, 3.63) is 22.7 Å². The van der Waals surface area contributed by atoms with Crippen LogP contribution in [0.25, 0.3) is 0 Å². The molecule has 22 heteroatoms. The third-order valence-electron chi connectivity index (χ3n) is 12.4. The zero-order valence-corrected chi connectivity index (χ0v) is 43.7. The van der Waals surface area contributed by atoms with Crippen LogP contribution in [-0.4, -0.2) is 107 Å². The maximum Gasteiger partial charge on any atom is 0.483 e. The number of aromatic nitrogens is 2. The third-order valence-corrected chi connectivity index (χ3v) is 14.6. The number of carbonyl (C=O) groups excluding carboxylic acids is 2. The summed E-state index contributed by atoms with van der Waals surface area (Å²) in [5.74, 6) is -0.408. The fourth-order valence-corrected chi connectivity index (χ4v) is 10.0. The third kappa shape index (κ3) is 30.7. The van der Waals surface area contributed by atoms with Crippen molar-refractivity contribution >= 4 is 33.4 Å². The number of anilines is 1. The van der Waals surface area contributed by atoms with Crippen molar-refractivity contribution in [2.24, 2.45) is 0 Å². The van der Waals surface area contributed by atoms with Gasteiger partial charge in [0.2, 0.25) is 0 Å². The van der Waals surface area contributed by atoms with Crippen molar-refractivity contribution in [3.63, 3.8) is 0 Å². The molecule has 1 aromatic heterocycles. The van der Waals surface area contributed by atoms with E-state index in [1.165, 1.54) is 134 Å². The summed E-state index contributed by atoms with van der Waals surface area (Å²) in [6.45, 7) is 2.33. The van der Waals surface area contributed by atoms with Crippen molar-refractivity contribution in [2.75, 3.05) is 25.1 Å². The Balaban J connectivity index is 1.38. The van der Waals surface area contributed by atoms with Gasteiger partial charge >= 0.3 is 33.3 Å². The van der Waals surface area contributed by atoms with Gasteiger partial charge in [0.15, 0.2) is 18.6 Å². The molecule has 1 saturated heterocycles. The molecule has 408 valence electrons. The molecule has 1 aliphatic rings. The Hall–Kier alpha value is -2.32. The Labute approximate surface area is 415 Å². The van der Waals surface area contributed by atoms with E-state index in [9.17, 15) is 48.8 Å². The standard InChI is InChI=1S/C48H89N3O17P2/c1-2-3-4-5-6-7-8-9-11-14-17-20-23-26-29-32-41(53)64-38-39(37-52)65-42(54)33-30-27-24-21-18-15-12-10-13-16-19-22-25-28-31-35-49-40-34-36-51(48(58)50-40)46-44(56)43(55)45(66-46)47(57)67-70(62,63)68-69(59,60)61/h34,36,39,43-47,52,55-57H,2-33,35,37-38H2,1H3,(H,62,63)(H,49,50,58)(H2,59,60,61)/t39?,43-,44-,45-,46+,47?/m0/s1. The van der Waals surface area contributed by atoms with E-state index >= 15 is 0 Å². The normalized spacial score (nSPS) is 18.9. The topological polar surface area (TPSA) is 303 Å². The number of aliphatic hydroxyl groups excluding tert-OH is 4. The molecule has 20 nitrogen and oxygen atoms in total. The number of phosphoric acid groups is 2. The first kappa shape index (κ1) is 63.8. The zero-order chi connectivity index (χ0) is 51.5. The number of phosphoric ester groups is 1. The van der Waals surface area contributed by atoms with E-state index in [1.54, 1.807) is 0 Å². The Bertz CT molecular complexity index is 1690. The van der Waals surface area contributed by atoms with Gasteiger partial charge in [0.1, 0.15) is 30.7 Å². The molecule has 0 amide bonds. The van der Waals surface area contributed by atoms with Gasteiger partial charge in [0.25, 0.3) is 0 Å². The fraction of sp³-hybridized carbons (Fsp3) is 0.875. The lowest BCUT2D eigenvalue weighted by molar-refractivity contribution is -0.161. The van der Waals surface area contributed by atoms with Crippen LogP contribution in [0.2, 0.25) is 0 Å². The lowest BCUT2D eigenvalue weighted by Crippen LogP contribution is -2.40. The Morgan fingerprint density at radius 2 is 1.14 bits per heavy atom. The summed E-state index contributed by atoms with van der Waals surface area (Å²) in [6, 6.07) is 1.45. The van der Waals surface area contributed by atoms with Crippen LogP contribution < -0.4 is 11.0 Å². The number of rotatable bonds is 45. The number of hydrogen-bond donors (Lipinski definition) is 8. The van der Waals surface area contributed by atoms with E-state index in [1.807, 2.05) is 0 Å². The predicted octanol–water partition coefficient (Wildman–Crippen LogP) is 8.77. The predicted molar refractivity (Wildman–Crippen MR) is 264 cm³/mol. The lowest BCUT2D eigenvalue weighted by Gasteiger charge is -2.22. The second-order valence-electron chi connectivity index (χ2n) is 18.7. The molecule has 3 unspecified atom stereocenters. The van der Waals surface area contributed by atoms with Gasteiger partial charge in [-0.15, -0.1) is 0 Å². The van der Waals surface area contributed by atoms with Gasteiger partial charge in [0, 0.05) is 25.6 Å². The SMILES string of the molecule is CCCCCCCCCCCCCCCCCC(=O)OCC(CO)OC(=O)CCCCCCCCCCCCCCCCCNc1ccn([C@@H]2O[C@H](C(O)OP(=O)(O)OP(=O)(O)O)[C@@H](O)[C@@H]2O)c(=O)n1. The van der Waals surface area contributed by atoms with Crippen LogP contribution in [-0.2, 0) is 41.8 Å². The molecule has 8 N–H and O–H groups in total. The van der Waals surface area contributed by atoms with Gasteiger partial charge in [-0.1, -0.05) is 180 Å². The molecule has 0 saturated carbocycles. The number of nitrogens with zero attached hydrogens (tertiary/aromatic N) is 2. The highest BCUT2D eigenvalue weighted by atomic mass is 31.3. The quantitative estimate of drug-likeness (QED) is 0.0131. The highest BCUT2D eigenvalue weighted by Crippen LogP contribution is 2.58. The monoisotopic (exact) mass is 1040 g/mol. The lowest BCUT2D eigenvalue weighted by atomic mass is 10.0. The molecular weight excluding hydrogens is 952 g/mol. The summed E-state index contributed by atoms with van der Waals surface area (Å²) < 4.78 is 47.2. The maximum absolute atomic E-state index is 12.7. The van der Waals surface area contributed by atoms with Crippen LogP contribution in [0.15, 0.2) is 17.1 Å². The first-order valence-corrected chi connectivity index (χ1v) is 29.4. The second kappa shape index (κ2) is 38.3. The minimum Gasteiger partial charge on any atom is -0.462 e. The van der Waals surface area contributed by atoms with Gasteiger partial charge < -0.3 is 54.6 Å². The number of unbranched alkanes of at least 4 members (excludes halogenated alkanes) is 28. The summed E-state index contributed by atoms with van der Waals surface area (Å²) in [6.07, 6.45) is 26.6. The van der Waals surface area contributed by atoms with Crippen molar-refractivity contribution in [3.8, 4) is 0 Å². The number of nitrogens with one attached hydrogen (secondary N) is 1. The van der Waals surface area contributed by atoms with Crippen LogP contribution in [0, 0.1) is 0 Å². The molecule has 7 atom stereocenters. The first-order chi connectivity index (χ1) is 33.6. The van der Waals surface area contributed by atoms with E-state index in [-0.39, 0.29) is 37.4 Å². The number of ether oxygens (including phenoxy) is 3. The highest BCUT2D eigenvalue weighted by molar-refractivity contribution is 7.60. The molecule has 2 rings (SSSR count). The van der Waals surface area contributed by atoms with Crippen LogP contribution in [0.1, 0.15) is 219 Å². The van der Waals surface area contributed by atoms with E-state index in [0.29, 0.717) is 13.0 Å². The smallest absolute Gasteiger partial charge is 0.462 e. The summed E-state index contributed by atoms with van der Waals surface area (Å²) >= 11 is 0. The van der Waals surface area contributed by atoms with E-state index in [2.05, 4.69) is 26.1 Å². The number of esters is 2. The van der Waals surface area contributed by atoms with Crippen molar-refractivity contribution in [2.45, 2.75) is 249 Å². The van der Waals surface area contributed by atoms with Crippen molar-refractivity contribution < 1.29 is 76.9 Å². The molecule has 1 fully saturated rings. The Morgan fingerprint density at radius 1 is 0.700 bits per heavy atom. The summed E-state index contributed by atoms with van der Waals surface area (Å²) in [5.41, 5.74) is -0.866. The molecule has 2 heterocycles. The maximum atomic E-state index is 12.7. The highest BCUT2D eigenvalue weighted by Gasteiger charge is 2.50. The van der Waals surface area contributed by atoms with Gasteiger partial charge in [-0.2, -0.15) is 9.29 Å². The number of carbonyl (C=O) groups is 2. The average Bonchev–Trinajstić information content (AvgIpc) is 3.60. The van der Waals surface area contributed by atoms with Crippen LogP contribution in [0.4, 0.5) is 5.82 Å². The van der Waals surface area contributed by atoms with Gasteiger partial charge in [-0.05, 0) is 25.3 Å². The summed E-state index contributed by atoms with van der Waals surface area (Å²) in [4.78, 5) is 68.0. The van der Waals surface area contributed by atoms with Gasteiger partial charge in [-0.3, -0.25) is 18.7 Å². The van der Waals surface area contributed by atoms with Gasteiger partial charge in [-0.25, -0.2) is 13.9 Å². The van der Waals surface area contributed by atoms with Crippen LogP contribution >= 0.6 is 15.6 Å². The molecule has 0 spiro atoms. The summed E-state index contributed by atoms with van der Waals surface area (Å²) in [5, 5.41) is 43.5. The van der Waals surface area contributed by atoms with Crippen LogP contribution in [0.3, 0.4) is 0 Å². The zero-order valence-electron chi connectivity index (χ0n) is 41.9. The molecule has 0 aliphatic carbocycles. The minimum atomic E-state index is -5.52. The van der Waals surface area contributed by atoms with E-state index in [4.69, 9.17) is 24.0 Å². The molecule has 1 aliphatic heterocycles. The number of hydrogen-bond acceptors (Lipinski definition) is 16. The van der Waals surface area contributed by atoms with E-state index in [0.717, 1.165) is 75.2 Å². The van der Waals surface area contributed by atoms with E-state index < -0.39 is 58.3 Å². The molecule has 0 aromatic carbocycles. The first-order valence-electron chi connectivity index (χ1n) is 26.3. The molecule has 1 aromatic rings. The Kier molecular flexibility index (Phi) is 34.9. The minimum absolute atomic E-state index is 0.112. The fourth-order valence-electron chi connectivity index (χ4n) is 8.38. The van der Waals surface area contributed by atoms with Crippen molar-refractivity contribution in [1.82, 2.24) is 9.55 Å². The van der Waals surface area contributed by atoms with Crippen molar-refractivity contribution in [1.29, 1.82) is 0 Å². The number of aliphatic hydroxyl groups is 4. The molecular formula is C48H89N3O17P2. The van der Waals surface area contributed by atoms with Gasteiger partial charge in [0.05, 0.1) is 6.61 Å². The average molecular weight is 1040 g/mol.